The van der Waals surface area contributed by atoms with E-state index in [1.165, 1.54) is 12.1 Å². The van der Waals surface area contributed by atoms with Gasteiger partial charge in [-0.3, -0.25) is 0 Å². The second-order valence-electron chi connectivity index (χ2n) is 6.77. The van der Waals surface area contributed by atoms with E-state index in [-0.39, 0.29) is 22.1 Å². The molecule has 3 heteroatoms. The van der Waals surface area contributed by atoms with E-state index in [1.807, 2.05) is 41.5 Å². The number of rotatable bonds is 1. The van der Waals surface area contributed by atoms with Gasteiger partial charge in [0.1, 0.15) is 5.75 Å². The molecule has 102 valence electrons. The summed E-state index contributed by atoms with van der Waals surface area (Å²) in [6.07, 6.45) is -2.52. The summed E-state index contributed by atoms with van der Waals surface area (Å²) in [5.74, 6) is 0.138. The maximum absolute atomic E-state index is 13.0. The van der Waals surface area contributed by atoms with Gasteiger partial charge in [0.2, 0.25) is 0 Å². The van der Waals surface area contributed by atoms with E-state index in [9.17, 15) is 13.9 Å². The predicted molar refractivity (Wildman–Crippen MR) is 70.5 cm³/mol. The highest BCUT2D eigenvalue weighted by Gasteiger charge is 2.27. The van der Waals surface area contributed by atoms with Gasteiger partial charge in [0, 0.05) is 5.56 Å². The molecule has 0 amide bonds. The molecule has 1 N–H and O–H groups in total. The third-order valence-corrected chi connectivity index (χ3v) is 3.00. The van der Waals surface area contributed by atoms with Gasteiger partial charge in [-0.2, -0.15) is 0 Å². The van der Waals surface area contributed by atoms with E-state index < -0.39 is 6.43 Å². The first kappa shape index (κ1) is 14.9. The molecule has 0 aliphatic heterocycles. The van der Waals surface area contributed by atoms with Crippen LogP contribution in [0.1, 0.15) is 64.7 Å². The van der Waals surface area contributed by atoms with Crippen molar-refractivity contribution in [3.8, 4) is 5.75 Å². The molecule has 1 aromatic rings. The number of phenols is 1. The van der Waals surface area contributed by atoms with Crippen molar-refractivity contribution >= 4 is 0 Å². The van der Waals surface area contributed by atoms with Crippen LogP contribution < -0.4 is 0 Å². The normalized spacial score (nSPS) is 13.2. The molecule has 0 heterocycles. The first-order valence-electron chi connectivity index (χ1n) is 6.10. The van der Waals surface area contributed by atoms with Gasteiger partial charge in [-0.15, -0.1) is 0 Å². The Bertz CT molecular complexity index is 402. The largest absolute Gasteiger partial charge is 0.507 e. The molecule has 1 aromatic carbocycles. The van der Waals surface area contributed by atoms with Crippen LogP contribution in [0, 0.1) is 0 Å². The first-order chi connectivity index (χ1) is 7.94. The lowest BCUT2D eigenvalue weighted by molar-refractivity contribution is 0.151. The van der Waals surface area contributed by atoms with Crippen molar-refractivity contribution in [2.24, 2.45) is 0 Å². The van der Waals surface area contributed by atoms with Gasteiger partial charge in [-0.05, 0) is 34.1 Å². The summed E-state index contributed by atoms with van der Waals surface area (Å²) in [6, 6.07) is 2.82. The van der Waals surface area contributed by atoms with E-state index in [0.29, 0.717) is 11.1 Å². The van der Waals surface area contributed by atoms with Crippen molar-refractivity contribution in [1.82, 2.24) is 0 Å². The average Bonchev–Trinajstić information content (AvgIpc) is 2.13. The number of phenolic OH excluding ortho intramolecular Hbond substituents is 1. The quantitative estimate of drug-likeness (QED) is 0.755. The van der Waals surface area contributed by atoms with Crippen molar-refractivity contribution < 1.29 is 13.9 Å². The Labute approximate surface area is 108 Å². The van der Waals surface area contributed by atoms with Crippen LogP contribution in [0.3, 0.4) is 0 Å². The molecule has 18 heavy (non-hydrogen) atoms. The molecular formula is C15H22F2O. The number of benzene rings is 1. The smallest absolute Gasteiger partial charge is 0.263 e. The van der Waals surface area contributed by atoms with Gasteiger partial charge < -0.3 is 5.11 Å². The van der Waals surface area contributed by atoms with Gasteiger partial charge in [0.15, 0.2) is 0 Å². The molecule has 0 aliphatic rings. The van der Waals surface area contributed by atoms with Crippen LogP contribution in [0.15, 0.2) is 12.1 Å². The van der Waals surface area contributed by atoms with Crippen molar-refractivity contribution in [2.45, 2.75) is 58.8 Å². The number of alkyl halides is 2. The van der Waals surface area contributed by atoms with E-state index in [4.69, 9.17) is 0 Å². The molecule has 0 spiro atoms. The Morgan fingerprint density at radius 2 is 1.22 bits per heavy atom. The predicted octanol–water partition coefficient (Wildman–Crippen LogP) is 4.92. The van der Waals surface area contributed by atoms with Gasteiger partial charge >= 0.3 is 0 Å². The Kier molecular flexibility index (Phi) is 3.75. The minimum atomic E-state index is -2.52. The van der Waals surface area contributed by atoms with E-state index in [0.717, 1.165) is 0 Å². The lowest BCUT2D eigenvalue weighted by atomic mass is 9.78. The lowest BCUT2D eigenvalue weighted by Gasteiger charge is -2.28. The summed E-state index contributed by atoms with van der Waals surface area (Å²) >= 11 is 0. The Morgan fingerprint density at radius 1 is 0.889 bits per heavy atom. The Balaban J connectivity index is 3.59. The minimum Gasteiger partial charge on any atom is -0.507 e. The number of halogens is 2. The second kappa shape index (κ2) is 4.52. The highest BCUT2D eigenvalue weighted by Crippen LogP contribution is 2.41. The monoisotopic (exact) mass is 256 g/mol. The summed E-state index contributed by atoms with van der Waals surface area (Å²) in [4.78, 5) is 0. The third kappa shape index (κ3) is 3.01. The van der Waals surface area contributed by atoms with Crippen molar-refractivity contribution in [3.63, 3.8) is 0 Å². The van der Waals surface area contributed by atoms with Crippen molar-refractivity contribution in [2.75, 3.05) is 0 Å². The maximum Gasteiger partial charge on any atom is 0.263 e. The Hall–Kier alpha value is -1.12. The summed E-state index contributed by atoms with van der Waals surface area (Å²) in [7, 11) is 0. The standard InChI is InChI=1S/C15H22F2O/c1-14(2,3)10-7-9(13(16)17)8-11(12(10)18)15(4,5)6/h7-8,13,18H,1-6H3. The number of aromatic hydroxyl groups is 1. The molecule has 0 aliphatic carbocycles. The minimum absolute atomic E-state index is 0.0253. The average molecular weight is 256 g/mol. The molecule has 0 radical (unpaired) electrons. The van der Waals surface area contributed by atoms with Gasteiger partial charge in [0.05, 0.1) is 0 Å². The molecule has 0 fully saturated rings. The zero-order valence-electron chi connectivity index (χ0n) is 11.9. The van der Waals surface area contributed by atoms with Crippen molar-refractivity contribution in [3.05, 3.63) is 28.8 Å². The zero-order valence-corrected chi connectivity index (χ0v) is 11.9. The zero-order chi connectivity index (χ0) is 14.3. The molecule has 0 bridgehead atoms. The van der Waals surface area contributed by atoms with Gasteiger partial charge in [-0.25, -0.2) is 8.78 Å². The van der Waals surface area contributed by atoms with Crippen molar-refractivity contribution in [1.29, 1.82) is 0 Å². The fourth-order valence-electron chi connectivity index (χ4n) is 1.93. The van der Waals surface area contributed by atoms with Crippen LogP contribution in [-0.2, 0) is 10.8 Å². The SMILES string of the molecule is CC(C)(C)c1cc(C(F)F)cc(C(C)(C)C)c1O. The molecule has 0 unspecified atom stereocenters. The van der Waals surface area contributed by atoms with Crippen LogP contribution in [0.25, 0.3) is 0 Å². The molecule has 0 saturated heterocycles. The molecule has 1 rings (SSSR count). The highest BCUT2D eigenvalue weighted by molar-refractivity contribution is 5.50. The van der Waals surface area contributed by atoms with Crippen LogP contribution in [0.5, 0.6) is 5.75 Å². The van der Waals surface area contributed by atoms with Gasteiger partial charge in [-0.1, -0.05) is 41.5 Å². The van der Waals surface area contributed by atoms with E-state index in [1.54, 1.807) is 0 Å². The van der Waals surface area contributed by atoms with E-state index in [2.05, 4.69) is 0 Å². The Morgan fingerprint density at radius 3 is 1.44 bits per heavy atom. The lowest BCUT2D eigenvalue weighted by Crippen LogP contribution is -2.18. The highest BCUT2D eigenvalue weighted by atomic mass is 19.3. The second-order valence-corrected chi connectivity index (χ2v) is 6.77. The molecule has 0 aromatic heterocycles. The van der Waals surface area contributed by atoms with Crippen LogP contribution in [-0.4, -0.2) is 5.11 Å². The molecular weight excluding hydrogens is 234 g/mol. The summed E-state index contributed by atoms with van der Waals surface area (Å²) in [5.41, 5.74) is 0.391. The summed E-state index contributed by atoms with van der Waals surface area (Å²) < 4.78 is 25.9. The van der Waals surface area contributed by atoms with Crippen LogP contribution in [0.2, 0.25) is 0 Å². The maximum atomic E-state index is 13.0. The van der Waals surface area contributed by atoms with E-state index >= 15 is 0 Å². The van der Waals surface area contributed by atoms with Crippen LogP contribution >= 0.6 is 0 Å². The number of hydrogen-bond acceptors (Lipinski definition) is 1. The van der Waals surface area contributed by atoms with Gasteiger partial charge in [0.25, 0.3) is 6.43 Å². The number of hydrogen-bond donors (Lipinski definition) is 1. The molecule has 0 saturated carbocycles. The first-order valence-corrected chi connectivity index (χ1v) is 6.10. The molecule has 1 nitrogen and oxygen atoms in total. The third-order valence-electron chi connectivity index (χ3n) is 3.00. The summed E-state index contributed by atoms with van der Waals surface area (Å²) in [5, 5.41) is 10.3. The summed E-state index contributed by atoms with van der Waals surface area (Å²) in [6.45, 7) is 11.4. The van der Waals surface area contributed by atoms with Crippen LogP contribution in [0.4, 0.5) is 8.78 Å². The topological polar surface area (TPSA) is 20.2 Å². The molecule has 0 atom stereocenters. The fourth-order valence-corrected chi connectivity index (χ4v) is 1.93. The fraction of sp³-hybridized carbons (Fsp3) is 0.600.